The fourth-order valence-electron chi connectivity index (χ4n) is 2.65. The lowest BCUT2D eigenvalue weighted by Gasteiger charge is -2.36. The average Bonchev–Trinajstić information content (AvgIpc) is 2.93. The van der Waals surface area contributed by atoms with E-state index < -0.39 is 0 Å². The van der Waals surface area contributed by atoms with Crippen molar-refractivity contribution < 1.29 is 9.53 Å². The van der Waals surface area contributed by atoms with Crippen molar-refractivity contribution in [2.45, 2.75) is 13.0 Å². The highest BCUT2D eigenvalue weighted by Gasteiger charge is 2.30. The third-order valence-corrected chi connectivity index (χ3v) is 3.68. The van der Waals surface area contributed by atoms with Gasteiger partial charge in [0.15, 0.2) is 0 Å². The molecule has 1 atom stereocenters. The van der Waals surface area contributed by atoms with Gasteiger partial charge in [0.2, 0.25) is 5.91 Å². The molecular weight excluding hydrogens is 270 g/mol. The molecule has 0 saturated carbocycles. The van der Waals surface area contributed by atoms with E-state index in [-0.39, 0.29) is 11.9 Å². The largest absolute Gasteiger partial charge is 0.397 e. The van der Waals surface area contributed by atoms with Crippen molar-refractivity contribution in [3.05, 3.63) is 18.3 Å². The van der Waals surface area contributed by atoms with Gasteiger partial charge in [-0.1, -0.05) is 0 Å². The van der Waals surface area contributed by atoms with Gasteiger partial charge >= 0.3 is 0 Å². The van der Waals surface area contributed by atoms with E-state index in [1.54, 1.807) is 6.20 Å². The van der Waals surface area contributed by atoms with Crippen LogP contribution >= 0.6 is 0 Å². The molecular formula is C14H19N5O2. The van der Waals surface area contributed by atoms with Crippen molar-refractivity contribution in [3.63, 3.8) is 0 Å². The molecule has 1 aromatic carbocycles. The fourth-order valence-corrected chi connectivity index (χ4v) is 2.65. The monoisotopic (exact) mass is 289 g/mol. The van der Waals surface area contributed by atoms with Gasteiger partial charge in [0.1, 0.15) is 6.04 Å². The maximum absolute atomic E-state index is 12.2. The predicted octanol–water partition coefficient (Wildman–Crippen LogP) is 0.486. The molecule has 1 aliphatic heterocycles. The van der Waals surface area contributed by atoms with Crippen molar-refractivity contribution >= 4 is 28.2 Å². The number of nitrogen functional groups attached to an aromatic ring is 1. The van der Waals surface area contributed by atoms with E-state index in [4.69, 9.17) is 10.5 Å². The van der Waals surface area contributed by atoms with Gasteiger partial charge in [-0.3, -0.25) is 9.89 Å². The minimum atomic E-state index is -0.360. The second-order valence-electron chi connectivity index (χ2n) is 5.05. The van der Waals surface area contributed by atoms with Crippen LogP contribution in [0.5, 0.6) is 0 Å². The molecule has 0 spiro atoms. The molecule has 1 amide bonds. The van der Waals surface area contributed by atoms with Crippen LogP contribution < -0.4 is 16.0 Å². The van der Waals surface area contributed by atoms with Crippen LogP contribution in [0, 0.1) is 0 Å². The van der Waals surface area contributed by atoms with Crippen LogP contribution in [-0.4, -0.2) is 48.4 Å². The summed E-state index contributed by atoms with van der Waals surface area (Å²) in [5.74, 6) is -0.0405. The molecule has 1 aliphatic rings. The molecule has 0 aliphatic carbocycles. The van der Waals surface area contributed by atoms with E-state index in [0.717, 1.165) is 16.6 Å². The molecule has 0 bridgehead atoms. The number of carbonyl (C=O) groups is 1. The summed E-state index contributed by atoms with van der Waals surface area (Å²) in [6.45, 7) is 4.07. The molecule has 1 unspecified atom stereocenters. The lowest BCUT2D eigenvalue weighted by atomic mass is 10.1. The number of benzene rings is 1. The highest BCUT2D eigenvalue weighted by atomic mass is 16.5. The van der Waals surface area contributed by atoms with Crippen LogP contribution in [0.1, 0.15) is 6.92 Å². The van der Waals surface area contributed by atoms with Crippen molar-refractivity contribution in [1.82, 2.24) is 15.5 Å². The van der Waals surface area contributed by atoms with E-state index in [1.165, 1.54) is 0 Å². The van der Waals surface area contributed by atoms with E-state index in [2.05, 4.69) is 15.5 Å². The number of hydrogen-bond donors (Lipinski definition) is 3. The number of H-pyrrole nitrogens is 1. The lowest BCUT2D eigenvalue weighted by Crippen LogP contribution is -2.54. The van der Waals surface area contributed by atoms with E-state index in [0.29, 0.717) is 32.0 Å². The van der Waals surface area contributed by atoms with Gasteiger partial charge in [0, 0.05) is 18.5 Å². The zero-order valence-corrected chi connectivity index (χ0v) is 11.9. The fraction of sp³-hybridized carbons (Fsp3) is 0.429. The minimum Gasteiger partial charge on any atom is -0.397 e. The number of aromatic nitrogens is 2. The third kappa shape index (κ3) is 2.52. The van der Waals surface area contributed by atoms with Gasteiger partial charge in [0.25, 0.3) is 0 Å². The molecule has 7 heteroatoms. The standard InChI is InChI=1S/C14H19N5O2/c1-2-16-14(20)13-8-21-4-3-19(13)12-6-11-9(5-10(12)15)7-17-18-11/h5-7,13H,2-4,8,15H2,1H3,(H,16,20)(H,17,18). The highest BCUT2D eigenvalue weighted by Crippen LogP contribution is 2.30. The summed E-state index contributed by atoms with van der Waals surface area (Å²) in [4.78, 5) is 14.2. The topological polar surface area (TPSA) is 96.3 Å². The molecule has 1 saturated heterocycles. The van der Waals surface area contributed by atoms with Crippen molar-refractivity contribution in [2.75, 3.05) is 36.9 Å². The smallest absolute Gasteiger partial charge is 0.245 e. The SMILES string of the molecule is CCNC(=O)C1COCCN1c1cc2[nH]ncc2cc1N. The highest BCUT2D eigenvalue weighted by molar-refractivity contribution is 5.92. The zero-order valence-electron chi connectivity index (χ0n) is 11.9. The minimum absolute atomic E-state index is 0.0405. The Labute approximate surface area is 122 Å². The van der Waals surface area contributed by atoms with Crippen LogP contribution in [-0.2, 0) is 9.53 Å². The van der Waals surface area contributed by atoms with E-state index in [1.807, 2.05) is 24.0 Å². The number of carbonyl (C=O) groups excluding carboxylic acids is 1. The van der Waals surface area contributed by atoms with E-state index in [9.17, 15) is 4.79 Å². The van der Waals surface area contributed by atoms with Gasteiger partial charge in [-0.15, -0.1) is 0 Å². The summed E-state index contributed by atoms with van der Waals surface area (Å²) >= 11 is 0. The van der Waals surface area contributed by atoms with Crippen LogP contribution in [0.2, 0.25) is 0 Å². The summed E-state index contributed by atoms with van der Waals surface area (Å²) in [5, 5.41) is 10.7. The summed E-state index contributed by atoms with van der Waals surface area (Å²) in [7, 11) is 0. The third-order valence-electron chi connectivity index (χ3n) is 3.68. The average molecular weight is 289 g/mol. The Bertz CT molecular complexity index is 654. The lowest BCUT2D eigenvalue weighted by molar-refractivity contribution is -0.124. The number of fused-ring (bicyclic) bond motifs is 1. The molecule has 1 aromatic heterocycles. The second-order valence-corrected chi connectivity index (χ2v) is 5.05. The zero-order chi connectivity index (χ0) is 14.8. The van der Waals surface area contributed by atoms with Gasteiger partial charge in [0.05, 0.1) is 36.3 Å². The number of morpholine rings is 1. The number of nitrogens with one attached hydrogen (secondary N) is 2. The Kier molecular flexibility index (Phi) is 3.66. The van der Waals surface area contributed by atoms with Gasteiger partial charge < -0.3 is 20.7 Å². The molecule has 1 fully saturated rings. The number of amides is 1. The van der Waals surface area contributed by atoms with Crippen molar-refractivity contribution in [1.29, 1.82) is 0 Å². The Balaban J connectivity index is 1.97. The Morgan fingerprint density at radius 3 is 3.29 bits per heavy atom. The maximum Gasteiger partial charge on any atom is 0.245 e. The first-order chi connectivity index (χ1) is 10.2. The molecule has 2 heterocycles. The van der Waals surface area contributed by atoms with Gasteiger partial charge in [-0.05, 0) is 19.1 Å². The first-order valence-corrected chi connectivity index (χ1v) is 7.05. The maximum atomic E-state index is 12.2. The summed E-state index contributed by atoms with van der Waals surface area (Å²) < 4.78 is 5.45. The molecule has 7 nitrogen and oxygen atoms in total. The number of hydrogen-bond acceptors (Lipinski definition) is 5. The quantitative estimate of drug-likeness (QED) is 0.714. The van der Waals surface area contributed by atoms with Crippen molar-refractivity contribution in [3.8, 4) is 0 Å². The van der Waals surface area contributed by atoms with Gasteiger partial charge in [-0.2, -0.15) is 5.10 Å². The summed E-state index contributed by atoms with van der Waals surface area (Å²) in [6, 6.07) is 3.45. The van der Waals surface area contributed by atoms with Crippen LogP contribution in [0.15, 0.2) is 18.3 Å². The van der Waals surface area contributed by atoms with Gasteiger partial charge in [-0.25, -0.2) is 0 Å². The van der Waals surface area contributed by atoms with E-state index >= 15 is 0 Å². The summed E-state index contributed by atoms with van der Waals surface area (Å²) in [5.41, 5.74) is 8.54. The summed E-state index contributed by atoms with van der Waals surface area (Å²) in [6.07, 6.45) is 1.73. The molecule has 4 N–H and O–H groups in total. The van der Waals surface area contributed by atoms with Crippen LogP contribution in [0.4, 0.5) is 11.4 Å². The Morgan fingerprint density at radius 1 is 1.62 bits per heavy atom. The number of nitrogens with two attached hydrogens (primary N) is 1. The number of ether oxygens (including phenoxy) is 1. The van der Waals surface area contributed by atoms with Crippen LogP contribution in [0.3, 0.4) is 0 Å². The predicted molar refractivity (Wildman–Crippen MR) is 81.1 cm³/mol. The van der Waals surface area contributed by atoms with Crippen LogP contribution in [0.25, 0.3) is 10.9 Å². The number of likely N-dealkylation sites (N-methyl/N-ethyl adjacent to an activating group) is 1. The number of nitrogens with zero attached hydrogens (tertiary/aromatic N) is 2. The Morgan fingerprint density at radius 2 is 2.48 bits per heavy atom. The van der Waals surface area contributed by atoms with Crippen molar-refractivity contribution in [2.24, 2.45) is 0 Å². The number of anilines is 2. The number of aromatic amines is 1. The molecule has 112 valence electrons. The molecule has 21 heavy (non-hydrogen) atoms. The molecule has 0 radical (unpaired) electrons. The first kappa shape index (κ1) is 13.7. The first-order valence-electron chi connectivity index (χ1n) is 7.05. The number of rotatable bonds is 3. The second kappa shape index (κ2) is 5.61. The Hall–Kier alpha value is -2.28. The molecule has 3 rings (SSSR count). The molecule has 2 aromatic rings. The normalized spacial score (nSPS) is 18.9.